The Kier molecular flexibility index (Phi) is 4.56. The molecule has 1 aromatic rings. The molecular formula is C13H14F2N2O4. The summed E-state index contributed by atoms with van der Waals surface area (Å²) in [4.78, 5) is 24.3. The molecule has 1 aromatic carbocycles. The van der Waals surface area contributed by atoms with Crippen molar-refractivity contribution in [1.82, 2.24) is 4.90 Å². The van der Waals surface area contributed by atoms with E-state index >= 15 is 0 Å². The molecule has 1 aliphatic rings. The molecule has 2 N–H and O–H groups in total. The van der Waals surface area contributed by atoms with Crippen molar-refractivity contribution >= 4 is 17.7 Å². The fourth-order valence-corrected chi connectivity index (χ4v) is 2.22. The number of para-hydroxylation sites is 2. The van der Waals surface area contributed by atoms with Gasteiger partial charge in [0, 0.05) is 6.54 Å². The van der Waals surface area contributed by atoms with E-state index in [1.165, 1.54) is 23.1 Å². The fourth-order valence-electron chi connectivity index (χ4n) is 2.22. The van der Waals surface area contributed by atoms with Crippen molar-refractivity contribution in [2.24, 2.45) is 0 Å². The van der Waals surface area contributed by atoms with E-state index in [2.05, 4.69) is 10.1 Å². The lowest BCUT2D eigenvalue weighted by Crippen LogP contribution is -2.42. The molecule has 0 bridgehead atoms. The molecule has 0 spiro atoms. The number of nitrogens with zero attached hydrogens (tertiary/aromatic N) is 1. The zero-order chi connectivity index (χ0) is 15.4. The minimum Gasteiger partial charge on any atom is -0.480 e. The number of aliphatic carboxylic acids is 1. The fraction of sp³-hybridized carbons (Fsp3) is 0.385. The summed E-state index contributed by atoms with van der Waals surface area (Å²) in [6.45, 7) is -2.71. The highest BCUT2D eigenvalue weighted by molar-refractivity contribution is 5.93. The van der Waals surface area contributed by atoms with Crippen LogP contribution in [0.3, 0.4) is 0 Å². The minimum atomic E-state index is -3.01. The third-order valence-corrected chi connectivity index (χ3v) is 3.14. The molecular weight excluding hydrogens is 286 g/mol. The van der Waals surface area contributed by atoms with E-state index in [0.29, 0.717) is 19.4 Å². The lowest BCUT2D eigenvalue weighted by Gasteiger charge is -2.22. The van der Waals surface area contributed by atoms with E-state index in [1.807, 2.05) is 0 Å². The monoisotopic (exact) mass is 300 g/mol. The highest BCUT2D eigenvalue weighted by Crippen LogP contribution is 2.27. The third kappa shape index (κ3) is 3.59. The van der Waals surface area contributed by atoms with Gasteiger partial charge in [0.05, 0.1) is 5.69 Å². The number of carboxylic acids is 1. The Labute approximate surface area is 119 Å². The number of alkyl halides is 2. The number of ether oxygens (including phenoxy) is 1. The largest absolute Gasteiger partial charge is 0.480 e. The normalized spacial score (nSPS) is 17.9. The molecule has 2 amide bonds. The second-order valence-electron chi connectivity index (χ2n) is 4.49. The molecule has 1 atom stereocenters. The van der Waals surface area contributed by atoms with Crippen LogP contribution in [0.25, 0.3) is 0 Å². The van der Waals surface area contributed by atoms with Crippen molar-refractivity contribution in [3.63, 3.8) is 0 Å². The molecule has 1 fully saturated rings. The first-order valence-corrected chi connectivity index (χ1v) is 6.33. The summed E-state index contributed by atoms with van der Waals surface area (Å²) < 4.78 is 28.9. The van der Waals surface area contributed by atoms with Gasteiger partial charge in [-0.2, -0.15) is 8.78 Å². The van der Waals surface area contributed by atoms with Crippen molar-refractivity contribution in [1.29, 1.82) is 0 Å². The minimum absolute atomic E-state index is 0.0684. The molecule has 2 rings (SSSR count). The van der Waals surface area contributed by atoms with E-state index in [1.54, 1.807) is 6.07 Å². The smallest absolute Gasteiger partial charge is 0.387 e. The lowest BCUT2D eigenvalue weighted by atomic mass is 10.2. The maximum atomic E-state index is 12.3. The number of carbonyl (C=O) groups excluding carboxylic acids is 1. The van der Waals surface area contributed by atoms with Gasteiger partial charge in [-0.1, -0.05) is 12.1 Å². The molecule has 0 unspecified atom stereocenters. The maximum Gasteiger partial charge on any atom is 0.387 e. The van der Waals surface area contributed by atoms with Gasteiger partial charge >= 0.3 is 18.6 Å². The number of carbonyl (C=O) groups is 2. The van der Waals surface area contributed by atoms with Gasteiger partial charge in [-0.05, 0) is 25.0 Å². The Morgan fingerprint density at radius 2 is 2.10 bits per heavy atom. The maximum absolute atomic E-state index is 12.3. The van der Waals surface area contributed by atoms with Gasteiger partial charge in [-0.3, -0.25) is 0 Å². The number of rotatable bonds is 4. The number of carboxylic acid groups (broad SMARTS) is 1. The Hall–Kier alpha value is -2.38. The summed E-state index contributed by atoms with van der Waals surface area (Å²) in [6, 6.07) is 4.19. The summed E-state index contributed by atoms with van der Waals surface area (Å²) in [5.74, 6) is -1.26. The predicted molar refractivity (Wildman–Crippen MR) is 69.5 cm³/mol. The summed E-state index contributed by atoms with van der Waals surface area (Å²) in [7, 11) is 0. The summed E-state index contributed by atoms with van der Waals surface area (Å²) in [5, 5.41) is 11.4. The highest BCUT2D eigenvalue weighted by atomic mass is 19.3. The average Bonchev–Trinajstić information content (AvgIpc) is 2.90. The van der Waals surface area contributed by atoms with E-state index in [9.17, 15) is 18.4 Å². The van der Waals surface area contributed by atoms with Gasteiger partial charge in [0.1, 0.15) is 11.8 Å². The second-order valence-corrected chi connectivity index (χ2v) is 4.49. The lowest BCUT2D eigenvalue weighted by molar-refractivity contribution is -0.141. The number of nitrogens with one attached hydrogen (secondary N) is 1. The molecule has 0 saturated carbocycles. The van der Waals surface area contributed by atoms with Gasteiger partial charge < -0.3 is 20.1 Å². The van der Waals surface area contributed by atoms with E-state index < -0.39 is 24.7 Å². The number of amides is 2. The first kappa shape index (κ1) is 15.0. The van der Waals surface area contributed by atoms with E-state index in [-0.39, 0.29) is 11.4 Å². The van der Waals surface area contributed by atoms with Crippen LogP contribution >= 0.6 is 0 Å². The van der Waals surface area contributed by atoms with Crippen molar-refractivity contribution in [3.8, 4) is 5.75 Å². The molecule has 21 heavy (non-hydrogen) atoms. The molecule has 0 radical (unpaired) electrons. The number of urea groups is 1. The summed E-state index contributed by atoms with van der Waals surface area (Å²) in [6.07, 6.45) is 0.956. The Morgan fingerprint density at radius 3 is 2.76 bits per heavy atom. The number of benzene rings is 1. The van der Waals surface area contributed by atoms with Gasteiger partial charge in [0.2, 0.25) is 0 Å². The first-order valence-electron chi connectivity index (χ1n) is 6.33. The zero-order valence-corrected chi connectivity index (χ0v) is 11.0. The first-order chi connectivity index (χ1) is 9.99. The predicted octanol–water partition coefficient (Wildman–Crippen LogP) is 2.37. The molecule has 0 aliphatic carbocycles. The van der Waals surface area contributed by atoms with Crippen LogP contribution in [-0.4, -0.2) is 41.2 Å². The van der Waals surface area contributed by atoms with Crippen LogP contribution in [0.1, 0.15) is 12.8 Å². The van der Waals surface area contributed by atoms with Crippen LogP contribution in [0.5, 0.6) is 5.75 Å². The van der Waals surface area contributed by atoms with Crippen molar-refractivity contribution in [2.45, 2.75) is 25.5 Å². The molecule has 1 heterocycles. The number of hydrogen-bond donors (Lipinski definition) is 2. The van der Waals surface area contributed by atoms with Crippen molar-refractivity contribution in [2.75, 3.05) is 11.9 Å². The molecule has 0 aromatic heterocycles. The van der Waals surface area contributed by atoms with Crippen LogP contribution in [0.15, 0.2) is 24.3 Å². The van der Waals surface area contributed by atoms with Crippen LogP contribution in [0.4, 0.5) is 19.3 Å². The number of hydrogen-bond acceptors (Lipinski definition) is 3. The molecule has 1 aliphatic heterocycles. The quantitative estimate of drug-likeness (QED) is 0.894. The van der Waals surface area contributed by atoms with Crippen LogP contribution in [0.2, 0.25) is 0 Å². The van der Waals surface area contributed by atoms with Gasteiger partial charge in [0.25, 0.3) is 0 Å². The molecule has 1 saturated heterocycles. The van der Waals surface area contributed by atoms with Crippen LogP contribution in [-0.2, 0) is 4.79 Å². The SMILES string of the molecule is O=C(O)[C@@H]1CCCN1C(=O)Nc1ccccc1OC(F)F. The molecule has 6 nitrogen and oxygen atoms in total. The van der Waals surface area contributed by atoms with E-state index in [0.717, 1.165) is 0 Å². The molecule has 8 heteroatoms. The standard InChI is InChI=1S/C13H14F2N2O4/c14-12(15)21-10-6-2-1-4-8(10)16-13(20)17-7-3-5-9(17)11(18)19/h1-2,4,6,9,12H,3,5,7H2,(H,16,20)(H,18,19)/t9-/m0/s1. The van der Waals surface area contributed by atoms with Crippen LogP contribution in [0, 0.1) is 0 Å². The Bertz CT molecular complexity index is 539. The number of likely N-dealkylation sites (tertiary alicyclic amines) is 1. The summed E-state index contributed by atoms with van der Waals surface area (Å²) in [5.41, 5.74) is 0.0684. The van der Waals surface area contributed by atoms with Gasteiger partial charge in [-0.25, -0.2) is 9.59 Å². The van der Waals surface area contributed by atoms with Crippen LogP contribution < -0.4 is 10.1 Å². The number of halogens is 2. The zero-order valence-electron chi connectivity index (χ0n) is 11.0. The third-order valence-electron chi connectivity index (χ3n) is 3.14. The van der Waals surface area contributed by atoms with E-state index in [4.69, 9.17) is 5.11 Å². The molecule has 114 valence electrons. The Morgan fingerprint density at radius 1 is 1.38 bits per heavy atom. The average molecular weight is 300 g/mol. The summed E-state index contributed by atoms with van der Waals surface area (Å²) >= 11 is 0. The van der Waals surface area contributed by atoms with Gasteiger partial charge in [0.15, 0.2) is 0 Å². The highest BCUT2D eigenvalue weighted by Gasteiger charge is 2.34. The van der Waals surface area contributed by atoms with Gasteiger partial charge in [-0.15, -0.1) is 0 Å². The van der Waals surface area contributed by atoms with Crippen molar-refractivity contribution < 1.29 is 28.2 Å². The van der Waals surface area contributed by atoms with Crippen molar-refractivity contribution in [3.05, 3.63) is 24.3 Å². The topological polar surface area (TPSA) is 78.9 Å². The number of anilines is 1. The second kappa shape index (κ2) is 6.38. The Balaban J connectivity index is 2.11.